The summed E-state index contributed by atoms with van der Waals surface area (Å²) in [6.07, 6.45) is 0. The quantitative estimate of drug-likeness (QED) is 0.405. The molecule has 12 heteroatoms. The van der Waals surface area contributed by atoms with Gasteiger partial charge in [0.15, 0.2) is 4.90 Å². The van der Waals surface area contributed by atoms with Gasteiger partial charge in [-0.05, 0) is 30.3 Å². The maximum atomic E-state index is 12.7. The van der Waals surface area contributed by atoms with Crippen molar-refractivity contribution in [3.05, 3.63) is 92.0 Å². The summed E-state index contributed by atoms with van der Waals surface area (Å²) in [5, 5.41) is 22.8. The minimum absolute atomic E-state index is 0.0215. The Bertz CT molecular complexity index is 1230. The highest BCUT2D eigenvalue weighted by Crippen LogP contribution is 2.32. The van der Waals surface area contributed by atoms with Crippen molar-refractivity contribution >= 4 is 38.7 Å². The van der Waals surface area contributed by atoms with Crippen LogP contribution in [0.4, 0.5) is 17.1 Å². The van der Waals surface area contributed by atoms with Crippen LogP contribution >= 0.6 is 11.6 Å². The summed E-state index contributed by atoms with van der Waals surface area (Å²) in [6, 6.07) is 14.2. The second kappa shape index (κ2) is 8.35. The first-order valence-electron chi connectivity index (χ1n) is 8.15. The fourth-order valence-corrected chi connectivity index (χ4v) is 3.83. The molecule has 0 saturated carbocycles. The van der Waals surface area contributed by atoms with E-state index < -0.39 is 36.1 Å². The first-order valence-corrected chi connectivity index (χ1v) is 10.0. The molecule has 0 bridgehead atoms. The van der Waals surface area contributed by atoms with Crippen LogP contribution in [0.3, 0.4) is 0 Å². The van der Waals surface area contributed by atoms with Crippen molar-refractivity contribution in [2.24, 2.45) is 0 Å². The molecule has 3 aromatic rings. The standard InChI is InChI=1S/C18H12ClN3O7S/c19-12-5-7-15(8-6-12)29-16-10-13(9-14(11-16)21(23)24)20-30(27,28)18-4-2-1-3-17(18)22(25)26/h1-11,20H. The number of rotatable bonds is 7. The largest absolute Gasteiger partial charge is 0.457 e. The maximum absolute atomic E-state index is 12.7. The van der Waals surface area contributed by atoms with Crippen molar-refractivity contribution in [1.29, 1.82) is 0 Å². The van der Waals surface area contributed by atoms with Crippen LogP contribution in [-0.2, 0) is 10.0 Å². The number of non-ortho nitro benzene ring substituents is 1. The summed E-state index contributed by atoms with van der Waals surface area (Å²) in [5.74, 6) is 0.291. The molecule has 30 heavy (non-hydrogen) atoms. The summed E-state index contributed by atoms with van der Waals surface area (Å²) in [6.45, 7) is 0. The molecular formula is C18H12ClN3O7S. The zero-order valence-electron chi connectivity index (χ0n) is 14.9. The van der Waals surface area contributed by atoms with Crippen LogP contribution in [0.25, 0.3) is 0 Å². The fraction of sp³-hybridized carbons (Fsp3) is 0. The van der Waals surface area contributed by atoms with Crippen LogP contribution in [0, 0.1) is 20.2 Å². The van der Waals surface area contributed by atoms with E-state index in [1.165, 1.54) is 30.3 Å². The number of nitrogens with one attached hydrogen (secondary N) is 1. The monoisotopic (exact) mass is 449 g/mol. The Kier molecular flexibility index (Phi) is 5.85. The second-order valence-corrected chi connectivity index (χ2v) is 7.95. The van der Waals surface area contributed by atoms with Crippen LogP contribution < -0.4 is 9.46 Å². The average molecular weight is 450 g/mol. The third-order valence-corrected chi connectivity index (χ3v) is 5.44. The van der Waals surface area contributed by atoms with Gasteiger partial charge in [-0.3, -0.25) is 25.0 Å². The van der Waals surface area contributed by atoms with Crippen LogP contribution in [-0.4, -0.2) is 18.3 Å². The number of hydrogen-bond acceptors (Lipinski definition) is 7. The first-order chi connectivity index (χ1) is 14.2. The van der Waals surface area contributed by atoms with Crippen LogP contribution in [0.15, 0.2) is 71.6 Å². The van der Waals surface area contributed by atoms with Crippen molar-refractivity contribution in [2.75, 3.05) is 4.72 Å². The normalized spacial score (nSPS) is 11.0. The van der Waals surface area contributed by atoms with E-state index in [1.54, 1.807) is 12.1 Å². The summed E-state index contributed by atoms with van der Waals surface area (Å²) in [5.41, 5.74) is -1.28. The fourth-order valence-electron chi connectivity index (χ4n) is 2.49. The minimum atomic E-state index is -4.41. The molecule has 0 aromatic heterocycles. The second-order valence-electron chi connectivity index (χ2n) is 5.86. The number of para-hydroxylation sites is 1. The van der Waals surface area contributed by atoms with Gasteiger partial charge in [0.05, 0.1) is 21.6 Å². The van der Waals surface area contributed by atoms with Gasteiger partial charge < -0.3 is 4.74 Å². The average Bonchev–Trinajstić information content (AvgIpc) is 2.69. The van der Waals surface area contributed by atoms with E-state index in [2.05, 4.69) is 4.72 Å². The smallest absolute Gasteiger partial charge is 0.289 e. The number of nitro benzene ring substituents is 2. The molecule has 0 saturated heterocycles. The predicted octanol–water partition coefficient (Wildman–Crippen LogP) is 4.75. The van der Waals surface area contributed by atoms with Gasteiger partial charge in [0.25, 0.3) is 21.4 Å². The van der Waals surface area contributed by atoms with Gasteiger partial charge in [-0.25, -0.2) is 8.42 Å². The van der Waals surface area contributed by atoms with Gasteiger partial charge in [0, 0.05) is 23.2 Å². The number of nitrogens with zero attached hydrogens (tertiary/aromatic N) is 2. The molecule has 0 spiro atoms. The molecule has 10 nitrogen and oxygen atoms in total. The van der Waals surface area contributed by atoms with E-state index in [0.717, 1.165) is 24.3 Å². The van der Waals surface area contributed by atoms with E-state index in [-0.39, 0.29) is 11.4 Å². The molecule has 0 heterocycles. The summed E-state index contributed by atoms with van der Waals surface area (Å²) >= 11 is 5.80. The van der Waals surface area contributed by atoms with E-state index in [9.17, 15) is 28.6 Å². The molecule has 0 amide bonds. The summed E-state index contributed by atoms with van der Waals surface area (Å²) in [7, 11) is -4.41. The Morgan fingerprint density at radius 3 is 2.17 bits per heavy atom. The summed E-state index contributed by atoms with van der Waals surface area (Å²) in [4.78, 5) is 20.2. The third-order valence-electron chi connectivity index (χ3n) is 3.76. The molecule has 0 radical (unpaired) electrons. The number of anilines is 1. The Balaban J connectivity index is 1.99. The lowest BCUT2D eigenvalue weighted by Gasteiger charge is -2.11. The van der Waals surface area contributed by atoms with Crippen LogP contribution in [0.2, 0.25) is 5.02 Å². The SMILES string of the molecule is O=[N+]([O-])c1cc(NS(=O)(=O)c2ccccc2[N+](=O)[O-])cc(Oc2ccc(Cl)cc2)c1. The lowest BCUT2D eigenvalue weighted by atomic mass is 10.2. The molecule has 0 aliphatic carbocycles. The van der Waals surface area contributed by atoms with Crippen molar-refractivity contribution in [2.45, 2.75) is 4.90 Å². The molecule has 0 fully saturated rings. The molecule has 1 N–H and O–H groups in total. The number of hydrogen-bond donors (Lipinski definition) is 1. The predicted molar refractivity (Wildman–Crippen MR) is 109 cm³/mol. The van der Waals surface area contributed by atoms with Gasteiger partial charge in [-0.1, -0.05) is 23.7 Å². The number of benzene rings is 3. The summed E-state index contributed by atoms with van der Waals surface area (Å²) < 4.78 is 33.0. The molecule has 0 unspecified atom stereocenters. The molecule has 3 rings (SSSR count). The maximum Gasteiger partial charge on any atom is 0.289 e. The zero-order valence-corrected chi connectivity index (χ0v) is 16.5. The topological polar surface area (TPSA) is 142 Å². The van der Waals surface area contributed by atoms with Crippen LogP contribution in [0.1, 0.15) is 0 Å². The highest BCUT2D eigenvalue weighted by atomic mass is 35.5. The van der Waals surface area contributed by atoms with Gasteiger partial charge in [0.2, 0.25) is 0 Å². The molecular weight excluding hydrogens is 438 g/mol. The van der Waals surface area contributed by atoms with Crippen molar-refractivity contribution < 1.29 is 23.0 Å². The van der Waals surface area contributed by atoms with E-state index in [4.69, 9.17) is 16.3 Å². The van der Waals surface area contributed by atoms with E-state index >= 15 is 0 Å². The first kappa shape index (κ1) is 21.0. The highest BCUT2D eigenvalue weighted by molar-refractivity contribution is 7.92. The highest BCUT2D eigenvalue weighted by Gasteiger charge is 2.26. The lowest BCUT2D eigenvalue weighted by Crippen LogP contribution is -2.14. The van der Waals surface area contributed by atoms with Crippen LogP contribution in [0.5, 0.6) is 11.5 Å². The Labute approximate surface area is 175 Å². The van der Waals surface area contributed by atoms with Crippen molar-refractivity contribution in [1.82, 2.24) is 0 Å². The van der Waals surface area contributed by atoms with E-state index in [0.29, 0.717) is 10.8 Å². The van der Waals surface area contributed by atoms with Gasteiger partial charge in [-0.15, -0.1) is 0 Å². The minimum Gasteiger partial charge on any atom is -0.457 e. The number of sulfonamides is 1. The van der Waals surface area contributed by atoms with Gasteiger partial charge >= 0.3 is 0 Å². The zero-order chi connectivity index (χ0) is 21.9. The Hall–Kier alpha value is -3.70. The number of halogens is 1. The lowest BCUT2D eigenvalue weighted by molar-refractivity contribution is -0.387. The molecule has 3 aromatic carbocycles. The van der Waals surface area contributed by atoms with Crippen molar-refractivity contribution in [3.63, 3.8) is 0 Å². The molecule has 0 aliphatic heterocycles. The molecule has 0 atom stereocenters. The van der Waals surface area contributed by atoms with Gasteiger partial charge in [-0.2, -0.15) is 0 Å². The van der Waals surface area contributed by atoms with Crippen molar-refractivity contribution in [3.8, 4) is 11.5 Å². The Morgan fingerprint density at radius 1 is 0.867 bits per heavy atom. The Morgan fingerprint density at radius 2 is 1.53 bits per heavy atom. The third kappa shape index (κ3) is 4.82. The number of nitro groups is 2. The number of ether oxygens (including phenoxy) is 1. The van der Waals surface area contributed by atoms with E-state index in [1.807, 2.05) is 0 Å². The molecule has 0 aliphatic rings. The van der Waals surface area contributed by atoms with Gasteiger partial charge in [0.1, 0.15) is 11.5 Å². The molecule has 154 valence electrons.